The first-order valence-corrected chi connectivity index (χ1v) is 4.66. The molecule has 0 aliphatic heterocycles. The van der Waals surface area contributed by atoms with Crippen LogP contribution in [-0.4, -0.2) is 16.2 Å². The van der Waals surface area contributed by atoms with Crippen LogP contribution in [0.1, 0.15) is 9.67 Å². The third-order valence-electron chi connectivity index (χ3n) is 1.91. The molecule has 0 aliphatic carbocycles. The molecule has 5 heteroatoms. The van der Waals surface area contributed by atoms with Crippen LogP contribution in [0.5, 0.6) is 5.75 Å². The summed E-state index contributed by atoms with van der Waals surface area (Å²) in [6.45, 7) is 0. The molecule has 0 unspecified atom stereocenters. The van der Waals surface area contributed by atoms with E-state index in [4.69, 9.17) is 10.8 Å². The number of aromatic carboxylic acids is 1. The molecule has 0 bridgehead atoms. The van der Waals surface area contributed by atoms with Crippen molar-refractivity contribution < 1.29 is 15.0 Å². The molecule has 1 aromatic carbocycles. The Morgan fingerprint density at radius 2 is 2.14 bits per heavy atom. The highest BCUT2D eigenvalue weighted by atomic mass is 32.1. The minimum atomic E-state index is -1.14. The minimum Gasteiger partial charge on any atom is -0.505 e. The average Bonchev–Trinajstić information content (AvgIpc) is 2.46. The van der Waals surface area contributed by atoms with Gasteiger partial charge in [0, 0.05) is 11.1 Å². The zero-order valence-corrected chi connectivity index (χ0v) is 7.84. The molecule has 1 heterocycles. The van der Waals surface area contributed by atoms with Crippen LogP contribution in [0.2, 0.25) is 0 Å². The summed E-state index contributed by atoms with van der Waals surface area (Å²) in [6.07, 6.45) is 0. The van der Waals surface area contributed by atoms with Crippen LogP contribution >= 0.6 is 11.3 Å². The van der Waals surface area contributed by atoms with Crippen LogP contribution in [0, 0.1) is 0 Å². The van der Waals surface area contributed by atoms with E-state index in [0.717, 1.165) is 11.3 Å². The first-order chi connectivity index (χ1) is 6.61. The number of hydrogen-bond donors (Lipinski definition) is 3. The van der Waals surface area contributed by atoms with Gasteiger partial charge < -0.3 is 15.9 Å². The number of carbonyl (C=O) groups is 1. The summed E-state index contributed by atoms with van der Waals surface area (Å²) in [5.74, 6) is -1.34. The standard InChI is InChI=1S/C9H7NO3S/c10-5-3-1-2-4-6(11)8(9(12)13)14-7(4)5/h1-3,11H,10H2,(H,12,13). The third-order valence-corrected chi connectivity index (χ3v) is 3.15. The molecule has 2 aromatic rings. The van der Waals surface area contributed by atoms with Gasteiger partial charge in [-0.2, -0.15) is 0 Å². The lowest BCUT2D eigenvalue weighted by molar-refractivity contribution is 0.0699. The first-order valence-electron chi connectivity index (χ1n) is 3.84. The lowest BCUT2D eigenvalue weighted by Crippen LogP contribution is -1.90. The van der Waals surface area contributed by atoms with Gasteiger partial charge in [0.1, 0.15) is 5.75 Å². The second-order valence-electron chi connectivity index (χ2n) is 2.81. The number of carboxylic acid groups (broad SMARTS) is 1. The van der Waals surface area contributed by atoms with E-state index in [9.17, 15) is 9.90 Å². The van der Waals surface area contributed by atoms with Crippen LogP contribution in [0.15, 0.2) is 18.2 Å². The second kappa shape index (κ2) is 2.88. The smallest absolute Gasteiger partial charge is 0.349 e. The van der Waals surface area contributed by atoms with Gasteiger partial charge in [0.15, 0.2) is 4.88 Å². The zero-order chi connectivity index (χ0) is 10.3. The number of carboxylic acids is 1. The highest BCUT2D eigenvalue weighted by Crippen LogP contribution is 2.39. The van der Waals surface area contributed by atoms with Gasteiger partial charge in [-0.15, -0.1) is 11.3 Å². The normalized spacial score (nSPS) is 10.6. The summed E-state index contributed by atoms with van der Waals surface area (Å²) in [4.78, 5) is 10.6. The largest absolute Gasteiger partial charge is 0.505 e. The molecule has 0 spiro atoms. The van der Waals surface area contributed by atoms with Gasteiger partial charge in [0.05, 0.1) is 4.70 Å². The summed E-state index contributed by atoms with van der Waals surface area (Å²) in [5, 5.41) is 18.8. The zero-order valence-electron chi connectivity index (χ0n) is 7.02. The summed E-state index contributed by atoms with van der Waals surface area (Å²) >= 11 is 0.984. The third kappa shape index (κ3) is 1.10. The summed E-state index contributed by atoms with van der Waals surface area (Å²) in [6, 6.07) is 4.99. The maximum atomic E-state index is 10.7. The van der Waals surface area contributed by atoms with Crippen molar-refractivity contribution >= 4 is 33.1 Å². The predicted octanol–water partition coefficient (Wildman–Crippen LogP) is 1.89. The molecule has 14 heavy (non-hydrogen) atoms. The minimum absolute atomic E-state index is 0.0714. The highest BCUT2D eigenvalue weighted by molar-refractivity contribution is 7.21. The quantitative estimate of drug-likeness (QED) is 0.626. The molecule has 2 rings (SSSR count). The van der Waals surface area contributed by atoms with Crippen molar-refractivity contribution in [1.29, 1.82) is 0 Å². The van der Waals surface area contributed by atoms with Gasteiger partial charge in [-0.3, -0.25) is 0 Å². The first kappa shape index (κ1) is 8.83. The fraction of sp³-hybridized carbons (Fsp3) is 0. The molecule has 0 atom stereocenters. The van der Waals surface area contributed by atoms with Crippen molar-refractivity contribution in [1.82, 2.24) is 0 Å². The van der Waals surface area contributed by atoms with E-state index in [1.165, 1.54) is 0 Å². The maximum Gasteiger partial charge on any atom is 0.349 e. The van der Waals surface area contributed by atoms with Crippen LogP contribution < -0.4 is 5.73 Å². The number of hydrogen-bond acceptors (Lipinski definition) is 4. The van der Waals surface area contributed by atoms with Crippen molar-refractivity contribution in [3.05, 3.63) is 23.1 Å². The number of fused-ring (bicyclic) bond motifs is 1. The molecule has 0 aliphatic rings. The number of nitrogen functional groups attached to an aromatic ring is 1. The molecule has 0 amide bonds. The fourth-order valence-electron chi connectivity index (χ4n) is 1.27. The number of anilines is 1. The number of rotatable bonds is 1. The van der Waals surface area contributed by atoms with Gasteiger partial charge in [0.25, 0.3) is 0 Å². The molecule has 72 valence electrons. The van der Waals surface area contributed by atoms with Gasteiger partial charge >= 0.3 is 5.97 Å². The molecular weight excluding hydrogens is 202 g/mol. The molecule has 0 radical (unpaired) electrons. The number of thiophene rings is 1. The molecule has 4 N–H and O–H groups in total. The van der Waals surface area contributed by atoms with Crippen LogP contribution in [-0.2, 0) is 0 Å². The van der Waals surface area contributed by atoms with E-state index >= 15 is 0 Å². The van der Waals surface area contributed by atoms with Crippen LogP contribution in [0.3, 0.4) is 0 Å². The van der Waals surface area contributed by atoms with Crippen molar-refractivity contribution in [3.8, 4) is 5.75 Å². The SMILES string of the molecule is Nc1cccc2c(O)c(C(=O)O)sc12. The van der Waals surface area contributed by atoms with E-state index in [2.05, 4.69) is 0 Å². The topological polar surface area (TPSA) is 83.5 Å². The van der Waals surface area contributed by atoms with Gasteiger partial charge in [-0.25, -0.2) is 4.79 Å². The van der Waals surface area contributed by atoms with Gasteiger partial charge in [0.2, 0.25) is 0 Å². The van der Waals surface area contributed by atoms with Crippen molar-refractivity contribution in [2.45, 2.75) is 0 Å². The van der Waals surface area contributed by atoms with Gasteiger partial charge in [-0.05, 0) is 12.1 Å². The summed E-state index contributed by atoms with van der Waals surface area (Å²) < 4.78 is 0.613. The lowest BCUT2D eigenvalue weighted by atomic mass is 10.2. The Morgan fingerprint density at radius 3 is 2.71 bits per heavy atom. The van der Waals surface area contributed by atoms with Crippen molar-refractivity contribution in [3.63, 3.8) is 0 Å². The second-order valence-corrected chi connectivity index (χ2v) is 3.83. The summed E-state index contributed by atoms with van der Waals surface area (Å²) in [7, 11) is 0. The molecule has 0 fully saturated rings. The van der Waals surface area contributed by atoms with E-state index in [1.807, 2.05) is 0 Å². The van der Waals surface area contributed by atoms with Crippen molar-refractivity contribution in [2.24, 2.45) is 0 Å². The Labute approximate surface area is 83.2 Å². The highest BCUT2D eigenvalue weighted by Gasteiger charge is 2.17. The number of nitrogens with two attached hydrogens (primary N) is 1. The van der Waals surface area contributed by atoms with E-state index < -0.39 is 5.97 Å². The predicted molar refractivity (Wildman–Crippen MR) is 54.9 cm³/mol. The molecule has 0 saturated carbocycles. The van der Waals surface area contributed by atoms with E-state index in [0.29, 0.717) is 15.8 Å². The average molecular weight is 209 g/mol. The maximum absolute atomic E-state index is 10.7. The Hall–Kier alpha value is -1.75. The Balaban J connectivity index is 2.86. The number of benzene rings is 1. The molecule has 4 nitrogen and oxygen atoms in total. The van der Waals surface area contributed by atoms with E-state index in [1.54, 1.807) is 18.2 Å². The lowest BCUT2D eigenvalue weighted by Gasteiger charge is -1.93. The van der Waals surface area contributed by atoms with Crippen molar-refractivity contribution in [2.75, 3.05) is 5.73 Å². The fourth-order valence-corrected chi connectivity index (χ4v) is 2.23. The van der Waals surface area contributed by atoms with Crippen LogP contribution in [0.4, 0.5) is 5.69 Å². The molecule has 1 aromatic heterocycles. The van der Waals surface area contributed by atoms with Gasteiger partial charge in [-0.1, -0.05) is 6.07 Å². The monoisotopic (exact) mass is 209 g/mol. The molecular formula is C9H7NO3S. The summed E-state index contributed by atoms with van der Waals surface area (Å²) in [5.41, 5.74) is 6.13. The number of aromatic hydroxyl groups is 1. The van der Waals surface area contributed by atoms with E-state index in [-0.39, 0.29) is 10.6 Å². The molecule has 0 saturated heterocycles. The Kier molecular flexibility index (Phi) is 1.82. The Morgan fingerprint density at radius 1 is 1.43 bits per heavy atom. The Bertz CT molecular complexity index is 518. The van der Waals surface area contributed by atoms with Crippen LogP contribution in [0.25, 0.3) is 10.1 Å².